The van der Waals surface area contributed by atoms with Gasteiger partial charge >= 0.3 is 0 Å². The van der Waals surface area contributed by atoms with Crippen LogP contribution in [0.1, 0.15) is 36.8 Å². The molecule has 3 N–H and O–H groups in total. The maximum absolute atomic E-state index is 12.3. The minimum Gasteiger partial charge on any atom is -0.491 e. The van der Waals surface area contributed by atoms with E-state index in [1.54, 1.807) is 24.3 Å². The van der Waals surface area contributed by atoms with Crippen LogP contribution >= 0.6 is 0 Å². The van der Waals surface area contributed by atoms with Gasteiger partial charge in [-0.1, -0.05) is 18.2 Å². The zero-order chi connectivity index (χ0) is 18.8. The van der Waals surface area contributed by atoms with E-state index < -0.39 is 18.0 Å². The predicted octanol–water partition coefficient (Wildman–Crippen LogP) is 2.14. The molecule has 1 aliphatic heterocycles. The zero-order valence-electron chi connectivity index (χ0n) is 14.4. The average molecular weight is 354 g/mol. The van der Waals surface area contributed by atoms with Gasteiger partial charge in [0.25, 0.3) is 0 Å². The number of nitriles is 1. The van der Waals surface area contributed by atoms with E-state index in [1.807, 2.05) is 19.9 Å². The molecule has 1 aromatic carbocycles. The molecular weight excluding hydrogens is 336 g/mol. The van der Waals surface area contributed by atoms with Gasteiger partial charge in [0.05, 0.1) is 12.0 Å². The molecule has 0 amide bonds. The standard InChI is InChI=1S/C19H18N2O5/c1-10(2)24-15-6-4-3-5-12(15)16-13(8-20)19(21)26-17-14(23)7-11(9-22)25-18(16)17/h3-7,10,16,22H,9,21H2,1-2H3. The van der Waals surface area contributed by atoms with Gasteiger partial charge in [-0.25, -0.2) is 0 Å². The lowest BCUT2D eigenvalue weighted by atomic mass is 9.87. The fourth-order valence-electron chi connectivity index (χ4n) is 2.85. The second-order valence-corrected chi connectivity index (χ2v) is 6.06. The number of aliphatic hydroxyl groups excluding tert-OH is 1. The third-order valence-corrected chi connectivity index (χ3v) is 3.88. The third-order valence-electron chi connectivity index (χ3n) is 3.88. The van der Waals surface area contributed by atoms with Crippen LogP contribution in [0.2, 0.25) is 0 Å². The molecule has 1 atom stereocenters. The van der Waals surface area contributed by atoms with Crippen LogP contribution in [-0.2, 0) is 6.61 Å². The summed E-state index contributed by atoms with van der Waals surface area (Å²) in [5.74, 6) is -0.304. The molecule has 134 valence electrons. The first-order valence-electron chi connectivity index (χ1n) is 8.07. The Morgan fingerprint density at radius 3 is 2.77 bits per heavy atom. The molecule has 0 bridgehead atoms. The van der Waals surface area contributed by atoms with Gasteiger partial charge < -0.3 is 24.7 Å². The topological polar surface area (TPSA) is 119 Å². The summed E-state index contributed by atoms with van der Waals surface area (Å²) in [6.45, 7) is 3.31. The first-order chi connectivity index (χ1) is 12.5. The van der Waals surface area contributed by atoms with E-state index in [0.29, 0.717) is 11.3 Å². The van der Waals surface area contributed by atoms with Crippen molar-refractivity contribution in [3.8, 4) is 17.6 Å². The second kappa shape index (κ2) is 6.94. The largest absolute Gasteiger partial charge is 0.491 e. The highest BCUT2D eigenvalue weighted by Gasteiger charge is 2.36. The van der Waals surface area contributed by atoms with Crippen molar-refractivity contribution in [3.05, 3.63) is 69.1 Å². The van der Waals surface area contributed by atoms with Crippen LogP contribution in [-0.4, -0.2) is 11.2 Å². The van der Waals surface area contributed by atoms with Crippen LogP contribution in [0.4, 0.5) is 0 Å². The summed E-state index contributed by atoms with van der Waals surface area (Å²) < 4.78 is 16.9. The quantitative estimate of drug-likeness (QED) is 0.863. The number of hydrogen-bond acceptors (Lipinski definition) is 7. The molecule has 1 aliphatic rings. The Labute approximate surface area is 149 Å². The first kappa shape index (κ1) is 17.6. The molecule has 0 radical (unpaired) electrons. The Morgan fingerprint density at radius 1 is 1.38 bits per heavy atom. The summed E-state index contributed by atoms with van der Waals surface area (Å²) in [5, 5.41) is 19.0. The molecule has 0 spiro atoms. The number of fused-ring (bicyclic) bond motifs is 1. The number of para-hydroxylation sites is 1. The average Bonchev–Trinajstić information content (AvgIpc) is 2.61. The summed E-state index contributed by atoms with van der Waals surface area (Å²) in [4.78, 5) is 12.3. The fourth-order valence-corrected chi connectivity index (χ4v) is 2.85. The van der Waals surface area contributed by atoms with Gasteiger partial charge in [-0.2, -0.15) is 5.26 Å². The number of benzene rings is 1. The maximum atomic E-state index is 12.3. The number of hydrogen-bond donors (Lipinski definition) is 2. The van der Waals surface area contributed by atoms with Crippen molar-refractivity contribution >= 4 is 0 Å². The van der Waals surface area contributed by atoms with Crippen LogP contribution in [0.15, 0.2) is 51.0 Å². The first-order valence-corrected chi connectivity index (χ1v) is 8.07. The Morgan fingerprint density at radius 2 is 2.12 bits per heavy atom. The zero-order valence-corrected chi connectivity index (χ0v) is 14.4. The van der Waals surface area contributed by atoms with Crippen molar-refractivity contribution in [1.82, 2.24) is 0 Å². The molecule has 0 aliphatic carbocycles. The molecule has 7 heteroatoms. The molecule has 0 saturated heterocycles. The lowest BCUT2D eigenvalue weighted by Crippen LogP contribution is -2.26. The minimum atomic E-state index is -0.780. The number of aliphatic hydroxyl groups is 1. The summed E-state index contributed by atoms with van der Waals surface area (Å²) in [6, 6.07) is 10.3. The highest BCUT2D eigenvalue weighted by atomic mass is 16.5. The highest BCUT2D eigenvalue weighted by molar-refractivity contribution is 5.55. The van der Waals surface area contributed by atoms with E-state index in [4.69, 9.17) is 19.6 Å². The lowest BCUT2D eigenvalue weighted by Gasteiger charge is -2.26. The van der Waals surface area contributed by atoms with Gasteiger partial charge in [-0.3, -0.25) is 4.79 Å². The van der Waals surface area contributed by atoms with Crippen molar-refractivity contribution < 1.29 is 19.0 Å². The monoisotopic (exact) mass is 354 g/mol. The summed E-state index contributed by atoms with van der Waals surface area (Å²) in [7, 11) is 0. The van der Waals surface area contributed by atoms with Crippen LogP contribution in [0.25, 0.3) is 0 Å². The van der Waals surface area contributed by atoms with E-state index in [0.717, 1.165) is 6.07 Å². The van der Waals surface area contributed by atoms with Gasteiger partial charge in [0, 0.05) is 11.6 Å². The van der Waals surface area contributed by atoms with E-state index in [9.17, 15) is 15.2 Å². The predicted molar refractivity (Wildman–Crippen MR) is 92.4 cm³/mol. The molecule has 2 heterocycles. The van der Waals surface area contributed by atoms with Crippen molar-refractivity contribution in [2.24, 2.45) is 5.73 Å². The van der Waals surface area contributed by atoms with Crippen LogP contribution in [0.3, 0.4) is 0 Å². The van der Waals surface area contributed by atoms with Gasteiger partial charge in [-0.05, 0) is 19.9 Å². The Hall–Kier alpha value is -3.24. The van der Waals surface area contributed by atoms with E-state index >= 15 is 0 Å². The van der Waals surface area contributed by atoms with Gasteiger partial charge in [-0.15, -0.1) is 0 Å². The Balaban J connectivity index is 2.29. The molecule has 7 nitrogen and oxygen atoms in total. The number of nitrogens with zero attached hydrogens (tertiary/aromatic N) is 1. The molecule has 26 heavy (non-hydrogen) atoms. The van der Waals surface area contributed by atoms with Gasteiger partial charge in [0.2, 0.25) is 17.1 Å². The molecule has 1 unspecified atom stereocenters. The van der Waals surface area contributed by atoms with E-state index in [-0.39, 0.29) is 34.8 Å². The second-order valence-electron chi connectivity index (χ2n) is 6.06. The normalized spacial score (nSPS) is 16.0. The smallest absolute Gasteiger partial charge is 0.228 e. The van der Waals surface area contributed by atoms with E-state index in [1.165, 1.54) is 0 Å². The lowest BCUT2D eigenvalue weighted by molar-refractivity contribution is 0.228. The Bertz CT molecular complexity index is 969. The van der Waals surface area contributed by atoms with E-state index in [2.05, 4.69) is 0 Å². The molecular formula is C19H18N2O5. The number of nitrogens with two attached hydrogens (primary N) is 1. The maximum Gasteiger partial charge on any atom is 0.228 e. The van der Waals surface area contributed by atoms with Crippen LogP contribution < -0.4 is 20.6 Å². The molecule has 1 aromatic heterocycles. The summed E-state index contributed by atoms with van der Waals surface area (Å²) >= 11 is 0. The van der Waals surface area contributed by atoms with Crippen molar-refractivity contribution in [3.63, 3.8) is 0 Å². The highest BCUT2D eigenvalue weighted by Crippen LogP contribution is 2.44. The van der Waals surface area contributed by atoms with Crippen molar-refractivity contribution in [2.45, 2.75) is 32.5 Å². The summed E-state index contributed by atoms with van der Waals surface area (Å²) in [5.41, 5.74) is 6.12. The van der Waals surface area contributed by atoms with Gasteiger partial charge in [0.15, 0.2) is 5.76 Å². The van der Waals surface area contributed by atoms with Crippen LogP contribution in [0.5, 0.6) is 11.5 Å². The minimum absolute atomic E-state index is 0.0716. The molecule has 0 saturated carbocycles. The fraction of sp³-hybridized carbons (Fsp3) is 0.263. The van der Waals surface area contributed by atoms with Gasteiger partial charge in [0.1, 0.15) is 29.8 Å². The van der Waals surface area contributed by atoms with Crippen LogP contribution in [0, 0.1) is 11.3 Å². The van der Waals surface area contributed by atoms with Crippen molar-refractivity contribution in [1.29, 1.82) is 5.26 Å². The molecule has 2 aromatic rings. The summed E-state index contributed by atoms with van der Waals surface area (Å²) in [6.07, 6.45) is -0.0990. The number of rotatable bonds is 4. The molecule has 0 fully saturated rings. The third kappa shape index (κ3) is 3.03. The van der Waals surface area contributed by atoms with Crippen molar-refractivity contribution in [2.75, 3.05) is 0 Å². The number of ether oxygens (including phenoxy) is 2. The number of allylic oxidation sites excluding steroid dienone is 1. The Kier molecular flexibility index (Phi) is 4.69. The SMILES string of the molecule is CC(C)Oc1ccccc1C1C(C#N)=C(N)Oc2c1oc(CO)cc2=O. The molecule has 3 rings (SSSR count).